The third-order valence-corrected chi connectivity index (χ3v) is 3.05. The van der Waals surface area contributed by atoms with Crippen molar-refractivity contribution in [1.82, 2.24) is 0 Å². The number of rotatable bonds is 6. The van der Waals surface area contributed by atoms with Crippen molar-refractivity contribution >= 4 is 8.38 Å². The highest BCUT2D eigenvalue weighted by atomic mass is 31.2. The van der Waals surface area contributed by atoms with Crippen LogP contribution >= 0.6 is 8.38 Å². The first-order valence-corrected chi connectivity index (χ1v) is 6.36. The molecule has 0 aliphatic heterocycles. The molecule has 0 spiro atoms. The molecule has 0 fully saturated rings. The van der Waals surface area contributed by atoms with Crippen molar-refractivity contribution in [2.75, 3.05) is 6.16 Å². The summed E-state index contributed by atoms with van der Waals surface area (Å²) in [6, 6.07) is 9.93. The lowest BCUT2D eigenvalue weighted by Crippen LogP contribution is -1.91. The fourth-order valence-electron chi connectivity index (χ4n) is 1.08. The van der Waals surface area contributed by atoms with E-state index in [9.17, 15) is 4.89 Å². The van der Waals surface area contributed by atoms with Gasteiger partial charge in [-0.2, -0.15) is 0 Å². The first kappa shape index (κ1) is 11.6. The maximum Gasteiger partial charge on any atom is 0.168 e. The highest BCUT2D eigenvalue weighted by Gasteiger charge is 2.03. The Morgan fingerprint density at radius 1 is 1.29 bits per heavy atom. The van der Waals surface area contributed by atoms with E-state index in [2.05, 4.69) is 6.92 Å². The van der Waals surface area contributed by atoms with Crippen LogP contribution in [0.1, 0.15) is 25.3 Å². The normalized spacial score (nSPS) is 12.7. The molecule has 78 valence electrons. The predicted molar refractivity (Wildman–Crippen MR) is 60.1 cm³/mol. The Hall–Kier alpha value is -0.430. The Bertz CT molecular complexity index is 238. The van der Waals surface area contributed by atoms with Gasteiger partial charge in [0.2, 0.25) is 0 Å². The van der Waals surface area contributed by atoms with Crippen LogP contribution in [0.15, 0.2) is 30.3 Å². The maximum atomic E-state index is 9.48. The third kappa shape index (κ3) is 4.71. The van der Waals surface area contributed by atoms with E-state index in [4.69, 9.17) is 4.52 Å². The average Bonchev–Trinajstić information content (AvgIpc) is 2.25. The second-order valence-corrected chi connectivity index (χ2v) is 4.60. The van der Waals surface area contributed by atoms with Crippen molar-refractivity contribution in [2.24, 2.45) is 0 Å². The number of hydrogen-bond acceptors (Lipinski definition) is 2. The first-order valence-electron chi connectivity index (χ1n) is 4.96. The highest BCUT2D eigenvalue weighted by Crippen LogP contribution is 2.33. The van der Waals surface area contributed by atoms with Gasteiger partial charge in [0, 0.05) is 6.16 Å². The molecule has 0 saturated carbocycles. The van der Waals surface area contributed by atoms with Gasteiger partial charge in [0.1, 0.15) is 0 Å². The van der Waals surface area contributed by atoms with E-state index in [0.717, 1.165) is 24.6 Å². The van der Waals surface area contributed by atoms with Gasteiger partial charge in [-0.05, 0) is 12.0 Å². The molecule has 0 radical (unpaired) electrons. The number of hydrogen-bond donors (Lipinski definition) is 1. The predicted octanol–water partition coefficient (Wildman–Crippen LogP) is 3.31. The van der Waals surface area contributed by atoms with Crippen molar-refractivity contribution in [3.8, 4) is 0 Å². The minimum Gasteiger partial charge on any atom is -0.350 e. The molecule has 1 unspecified atom stereocenters. The Balaban J connectivity index is 2.20. The summed E-state index contributed by atoms with van der Waals surface area (Å²) >= 11 is 0. The van der Waals surface area contributed by atoms with Crippen LogP contribution in [-0.2, 0) is 11.1 Å². The molecule has 0 aliphatic rings. The van der Waals surface area contributed by atoms with Crippen molar-refractivity contribution in [2.45, 2.75) is 26.4 Å². The van der Waals surface area contributed by atoms with E-state index in [0.29, 0.717) is 6.61 Å². The molecule has 1 aromatic carbocycles. The van der Waals surface area contributed by atoms with E-state index < -0.39 is 8.38 Å². The van der Waals surface area contributed by atoms with Crippen LogP contribution in [0.2, 0.25) is 0 Å². The lowest BCUT2D eigenvalue weighted by molar-refractivity contribution is 0.298. The topological polar surface area (TPSA) is 29.5 Å². The number of unbranched alkanes of at least 4 members (excludes halogenated alkanes) is 1. The minimum absolute atomic E-state index is 0.521. The Morgan fingerprint density at radius 2 is 2.00 bits per heavy atom. The quantitative estimate of drug-likeness (QED) is 0.733. The fraction of sp³-hybridized carbons (Fsp3) is 0.455. The van der Waals surface area contributed by atoms with Crippen molar-refractivity contribution in [1.29, 1.82) is 0 Å². The van der Waals surface area contributed by atoms with E-state index in [1.54, 1.807) is 0 Å². The summed E-state index contributed by atoms with van der Waals surface area (Å²) in [5.74, 6) is 0. The Labute approximate surface area is 86.8 Å². The molecule has 14 heavy (non-hydrogen) atoms. The summed E-state index contributed by atoms with van der Waals surface area (Å²) in [4.78, 5) is 9.48. The van der Waals surface area contributed by atoms with Gasteiger partial charge >= 0.3 is 0 Å². The maximum absolute atomic E-state index is 9.48. The third-order valence-electron chi connectivity index (χ3n) is 1.93. The molecule has 0 heterocycles. The molecule has 2 nitrogen and oxygen atoms in total. The molecule has 0 aliphatic carbocycles. The van der Waals surface area contributed by atoms with Crippen LogP contribution in [0.4, 0.5) is 0 Å². The zero-order valence-corrected chi connectivity index (χ0v) is 9.41. The van der Waals surface area contributed by atoms with Crippen LogP contribution in [0.25, 0.3) is 0 Å². The molecule has 1 rings (SSSR count). The lowest BCUT2D eigenvalue weighted by atomic mass is 10.2. The summed E-state index contributed by atoms with van der Waals surface area (Å²) in [7, 11) is -1.21. The molecule has 0 bridgehead atoms. The highest BCUT2D eigenvalue weighted by molar-refractivity contribution is 7.46. The van der Waals surface area contributed by atoms with Gasteiger partial charge in [0.05, 0.1) is 6.61 Å². The van der Waals surface area contributed by atoms with Gasteiger partial charge in [-0.1, -0.05) is 43.7 Å². The van der Waals surface area contributed by atoms with Crippen molar-refractivity contribution in [3.63, 3.8) is 0 Å². The van der Waals surface area contributed by atoms with Crippen molar-refractivity contribution < 1.29 is 9.42 Å². The zero-order valence-electron chi connectivity index (χ0n) is 8.52. The van der Waals surface area contributed by atoms with Crippen molar-refractivity contribution in [3.05, 3.63) is 35.9 Å². The largest absolute Gasteiger partial charge is 0.350 e. The summed E-state index contributed by atoms with van der Waals surface area (Å²) in [5.41, 5.74) is 1.12. The molecule has 1 atom stereocenters. The van der Waals surface area contributed by atoms with E-state index in [-0.39, 0.29) is 0 Å². The SMILES string of the molecule is CCCCP(O)OCc1ccccc1. The monoisotopic (exact) mass is 212 g/mol. The van der Waals surface area contributed by atoms with Crippen LogP contribution in [-0.4, -0.2) is 11.1 Å². The van der Waals surface area contributed by atoms with Crippen LogP contribution in [0.3, 0.4) is 0 Å². The van der Waals surface area contributed by atoms with Crippen LogP contribution in [0, 0.1) is 0 Å². The fourth-order valence-corrected chi connectivity index (χ4v) is 2.10. The van der Waals surface area contributed by atoms with Gasteiger partial charge in [0.15, 0.2) is 8.38 Å². The van der Waals surface area contributed by atoms with E-state index in [1.807, 2.05) is 30.3 Å². The second kappa shape index (κ2) is 6.94. The Morgan fingerprint density at radius 3 is 2.64 bits per heavy atom. The van der Waals surface area contributed by atoms with Gasteiger partial charge in [-0.15, -0.1) is 0 Å². The van der Waals surface area contributed by atoms with Gasteiger partial charge in [-0.3, -0.25) is 0 Å². The van der Waals surface area contributed by atoms with Crippen LogP contribution in [0.5, 0.6) is 0 Å². The molecule has 0 amide bonds. The summed E-state index contributed by atoms with van der Waals surface area (Å²) < 4.78 is 5.35. The average molecular weight is 212 g/mol. The summed E-state index contributed by atoms with van der Waals surface area (Å²) in [6.07, 6.45) is 2.93. The van der Waals surface area contributed by atoms with E-state index >= 15 is 0 Å². The first-order chi connectivity index (χ1) is 6.83. The van der Waals surface area contributed by atoms with Gasteiger partial charge < -0.3 is 9.42 Å². The minimum atomic E-state index is -1.21. The Kier molecular flexibility index (Phi) is 5.77. The zero-order chi connectivity index (χ0) is 10.2. The lowest BCUT2D eigenvalue weighted by Gasteiger charge is -2.09. The summed E-state index contributed by atoms with van der Waals surface area (Å²) in [5, 5.41) is 0. The molecule has 0 saturated heterocycles. The summed E-state index contributed by atoms with van der Waals surface area (Å²) in [6.45, 7) is 2.63. The number of benzene rings is 1. The molecule has 1 aromatic rings. The van der Waals surface area contributed by atoms with Gasteiger partial charge in [0.25, 0.3) is 0 Å². The molecule has 1 N–H and O–H groups in total. The molecule has 0 aromatic heterocycles. The second-order valence-electron chi connectivity index (χ2n) is 3.19. The van der Waals surface area contributed by atoms with E-state index in [1.165, 1.54) is 0 Å². The molecule has 3 heteroatoms. The standard InChI is InChI=1S/C11H17O2P/c1-2-3-9-14(12)13-10-11-7-5-4-6-8-11/h4-8,12H,2-3,9-10H2,1H3. The van der Waals surface area contributed by atoms with Crippen LogP contribution < -0.4 is 0 Å². The smallest absolute Gasteiger partial charge is 0.168 e. The van der Waals surface area contributed by atoms with Gasteiger partial charge in [-0.25, -0.2) is 0 Å². The molecular weight excluding hydrogens is 195 g/mol. The molecular formula is C11H17O2P.